The van der Waals surface area contributed by atoms with Crippen molar-refractivity contribution in [2.75, 3.05) is 0 Å². The van der Waals surface area contributed by atoms with Crippen LogP contribution < -0.4 is 10.5 Å². The Kier molecular flexibility index (Phi) is 4.76. The highest BCUT2D eigenvalue weighted by atomic mass is 79.9. The van der Waals surface area contributed by atoms with E-state index in [1.165, 1.54) is 18.2 Å². The highest BCUT2D eigenvalue weighted by Gasteiger charge is 2.15. The maximum atomic E-state index is 12.1. The van der Waals surface area contributed by atoms with Gasteiger partial charge in [0.1, 0.15) is 0 Å². The van der Waals surface area contributed by atoms with Crippen molar-refractivity contribution in [2.45, 2.75) is 11.4 Å². The first-order chi connectivity index (χ1) is 9.88. The van der Waals surface area contributed by atoms with Crippen LogP contribution in [0.1, 0.15) is 15.9 Å². The van der Waals surface area contributed by atoms with Gasteiger partial charge in [-0.3, -0.25) is 4.79 Å². The number of rotatable bonds is 4. The predicted molar refractivity (Wildman–Crippen MR) is 83.1 cm³/mol. The van der Waals surface area contributed by atoms with Crippen LogP contribution in [0.2, 0.25) is 0 Å². The Balaban J connectivity index is 2.19. The van der Waals surface area contributed by atoms with Crippen molar-refractivity contribution in [3.05, 3.63) is 64.1 Å². The van der Waals surface area contributed by atoms with E-state index >= 15 is 0 Å². The van der Waals surface area contributed by atoms with Crippen LogP contribution in [0.3, 0.4) is 0 Å². The van der Waals surface area contributed by atoms with E-state index in [9.17, 15) is 13.2 Å². The van der Waals surface area contributed by atoms with E-state index < -0.39 is 10.0 Å². The SMILES string of the molecule is NS(=O)(=O)c1ccc(Br)c(C(=O)NCc2ccccc2)c1. The van der Waals surface area contributed by atoms with Crippen LogP contribution in [0.25, 0.3) is 0 Å². The highest BCUT2D eigenvalue weighted by Crippen LogP contribution is 2.20. The van der Waals surface area contributed by atoms with Gasteiger partial charge in [0.25, 0.3) is 5.91 Å². The van der Waals surface area contributed by atoms with Crippen molar-refractivity contribution < 1.29 is 13.2 Å². The van der Waals surface area contributed by atoms with E-state index in [2.05, 4.69) is 21.2 Å². The minimum Gasteiger partial charge on any atom is -0.348 e. The monoisotopic (exact) mass is 368 g/mol. The molecule has 110 valence electrons. The largest absolute Gasteiger partial charge is 0.348 e. The van der Waals surface area contributed by atoms with Gasteiger partial charge >= 0.3 is 0 Å². The van der Waals surface area contributed by atoms with E-state index in [-0.39, 0.29) is 16.4 Å². The molecule has 0 atom stereocenters. The minimum atomic E-state index is -3.84. The van der Waals surface area contributed by atoms with Gasteiger partial charge < -0.3 is 5.32 Å². The summed E-state index contributed by atoms with van der Waals surface area (Å²) in [6.07, 6.45) is 0. The van der Waals surface area contributed by atoms with E-state index in [1.807, 2.05) is 30.3 Å². The molecule has 2 aromatic carbocycles. The van der Waals surface area contributed by atoms with Gasteiger partial charge in [-0.15, -0.1) is 0 Å². The molecule has 0 unspecified atom stereocenters. The first-order valence-electron chi connectivity index (χ1n) is 6.02. The first-order valence-corrected chi connectivity index (χ1v) is 8.36. The second kappa shape index (κ2) is 6.38. The fourth-order valence-corrected chi connectivity index (χ4v) is 2.70. The zero-order chi connectivity index (χ0) is 15.5. The number of primary sulfonamides is 1. The Morgan fingerprint density at radius 2 is 1.81 bits per heavy atom. The average Bonchev–Trinajstić information content (AvgIpc) is 2.45. The Morgan fingerprint density at radius 1 is 1.14 bits per heavy atom. The summed E-state index contributed by atoms with van der Waals surface area (Å²) in [4.78, 5) is 12.0. The number of nitrogens with one attached hydrogen (secondary N) is 1. The van der Waals surface area contributed by atoms with Crippen LogP contribution in [-0.4, -0.2) is 14.3 Å². The molecule has 0 aliphatic rings. The molecule has 0 spiro atoms. The fourth-order valence-electron chi connectivity index (χ4n) is 1.73. The van der Waals surface area contributed by atoms with E-state index in [0.29, 0.717) is 11.0 Å². The number of amides is 1. The molecular weight excluding hydrogens is 356 g/mol. The van der Waals surface area contributed by atoms with Crippen molar-refractivity contribution in [3.63, 3.8) is 0 Å². The van der Waals surface area contributed by atoms with Crippen LogP contribution in [0.5, 0.6) is 0 Å². The van der Waals surface area contributed by atoms with Gasteiger partial charge in [-0.1, -0.05) is 30.3 Å². The van der Waals surface area contributed by atoms with Crippen LogP contribution in [0.15, 0.2) is 57.9 Å². The number of benzene rings is 2. The third-order valence-corrected chi connectivity index (χ3v) is 4.41. The lowest BCUT2D eigenvalue weighted by molar-refractivity contribution is 0.0950. The Bertz CT molecular complexity index is 761. The minimum absolute atomic E-state index is 0.101. The third kappa shape index (κ3) is 4.13. The number of halogens is 1. The molecule has 0 aliphatic heterocycles. The number of carbonyl (C=O) groups excluding carboxylic acids is 1. The van der Waals surface area contributed by atoms with Crippen molar-refractivity contribution in [2.24, 2.45) is 5.14 Å². The molecule has 0 saturated carbocycles. The van der Waals surface area contributed by atoms with Gasteiger partial charge in [-0.05, 0) is 39.7 Å². The van der Waals surface area contributed by atoms with Crippen molar-refractivity contribution in [3.8, 4) is 0 Å². The maximum Gasteiger partial charge on any atom is 0.252 e. The molecule has 0 aromatic heterocycles. The van der Waals surface area contributed by atoms with Gasteiger partial charge in [0.05, 0.1) is 10.5 Å². The molecule has 0 bridgehead atoms. The summed E-state index contributed by atoms with van der Waals surface area (Å²) in [5.74, 6) is -0.378. The standard InChI is InChI=1S/C14H13BrN2O3S/c15-13-7-6-11(21(16,19)20)8-12(13)14(18)17-9-10-4-2-1-3-5-10/h1-8H,9H2,(H,17,18)(H2,16,19,20). The summed E-state index contributed by atoms with van der Waals surface area (Å²) in [7, 11) is -3.84. The summed E-state index contributed by atoms with van der Waals surface area (Å²) in [6.45, 7) is 0.353. The van der Waals surface area contributed by atoms with Gasteiger partial charge in [-0.2, -0.15) is 0 Å². The van der Waals surface area contributed by atoms with Crippen molar-refractivity contribution in [1.29, 1.82) is 0 Å². The Labute approximate surface area is 131 Å². The van der Waals surface area contributed by atoms with Crippen molar-refractivity contribution >= 4 is 31.9 Å². The molecule has 0 saturated heterocycles. The number of hydrogen-bond donors (Lipinski definition) is 2. The maximum absolute atomic E-state index is 12.1. The van der Waals surface area contributed by atoms with Gasteiger partial charge in [0, 0.05) is 11.0 Å². The smallest absolute Gasteiger partial charge is 0.252 e. The molecular formula is C14H13BrN2O3S. The third-order valence-electron chi connectivity index (χ3n) is 2.81. The normalized spacial score (nSPS) is 11.1. The molecule has 0 aliphatic carbocycles. The van der Waals surface area contributed by atoms with E-state index in [1.54, 1.807) is 0 Å². The molecule has 2 rings (SSSR count). The van der Waals surface area contributed by atoms with E-state index in [0.717, 1.165) is 5.56 Å². The topological polar surface area (TPSA) is 89.3 Å². The van der Waals surface area contributed by atoms with Crippen LogP contribution in [-0.2, 0) is 16.6 Å². The summed E-state index contributed by atoms with van der Waals surface area (Å²) in [5.41, 5.74) is 1.17. The summed E-state index contributed by atoms with van der Waals surface area (Å²) in [6, 6.07) is 13.5. The lowest BCUT2D eigenvalue weighted by Gasteiger charge is -2.08. The number of nitrogens with two attached hydrogens (primary N) is 1. The molecule has 2 aromatic rings. The quantitative estimate of drug-likeness (QED) is 0.864. The molecule has 21 heavy (non-hydrogen) atoms. The molecule has 5 nitrogen and oxygen atoms in total. The summed E-state index contributed by atoms with van der Waals surface area (Å²) >= 11 is 3.23. The number of sulfonamides is 1. The Morgan fingerprint density at radius 3 is 2.43 bits per heavy atom. The van der Waals surface area contributed by atoms with Gasteiger partial charge in [-0.25, -0.2) is 13.6 Å². The van der Waals surface area contributed by atoms with Crippen LogP contribution in [0.4, 0.5) is 0 Å². The van der Waals surface area contributed by atoms with Crippen LogP contribution >= 0.6 is 15.9 Å². The second-order valence-corrected chi connectivity index (χ2v) is 6.77. The summed E-state index contributed by atoms with van der Waals surface area (Å²) < 4.78 is 23.2. The number of carbonyl (C=O) groups is 1. The van der Waals surface area contributed by atoms with Crippen LogP contribution in [0, 0.1) is 0 Å². The van der Waals surface area contributed by atoms with Gasteiger partial charge in [0.15, 0.2) is 0 Å². The molecule has 0 radical (unpaired) electrons. The summed E-state index contributed by atoms with van der Waals surface area (Å²) in [5, 5.41) is 7.80. The Hall–Kier alpha value is -1.70. The molecule has 0 heterocycles. The zero-order valence-electron chi connectivity index (χ0n) is 10.9. The lowest BCUT2D eigenvalue weighted by atomic mass is 10.2. The average molecular weight is 369 g/mol. The van der Waals surface area contributed by atoms with Crippen molar-refractivity contribution in [1.82, 2.24) is 5.32 Å². The molecule has 3 N–H and O–H groups in total. The second-order valence-electron chi connectivity index (χ2n) is 4.35. The predicted octanol–water partition coefficient (Wildman–Crippen LogP) is 2.03. The lowest BCUT2D eigenvalue weighted by Crippen LogP contribution is -2.24. The number of hydrogen-bond acceptors (Lipinski definition) is 3. The fraction of sp³-hybridized carbons (Fsp3) is 0.0714. The molecule has 0 fully saturated rings. The highest BCUT2D eigenvalue weighted by molar-refractivity contribution is 9.10. The first kappa shape index (κ1) is 15.7. The van der Waals surface area contributed by atoms with E-state index in [4.69, 9.17) is 5.14 Å². The molecule has 7 heteroatoms. The zero-order valence-corrected chi connectivity index (χ0v) is 13.3. The molecule has 1 amide bonds. The van der Waals surface area contributed by atoms with Gasteiger partial charge in [0.2, 0.25) is 10.0 Å².